The molecule has 12 heteroatoms. The number of aromatic nitrogens is 2. The fourth-order valence-corrected chi connectivity index (χ4v) is 4.36. The number of amides is 3. The summed E-state index contributed by atoms with van der Waals surface area (Å²) in [7, 11) is 0. The summed E-state index contributed by atoms with van der Waals surface area (Å²) in [4.78, 5) is 35.5. The minimum absolute atomic E-state index is 0.110. The van der Waals surface area contributed by atoms with E-state index in [0.29, 0.717) is 20.7 Å². The largest absolute Gasteiger partial charge is 0.326 e. The number of rotatable bonds is 7. The molecule has 0 radical (unpaired) electrons. The maximum Gasteiger partial charge on any atom is 0.259 e. The lowest BCUT2D eigenvalue weighted by Gasteiger charge is -2.06. The average molecular weight is 496 g/mol. The summed E-state index contributed by atoms with van der Waals surface area (Å²) in [6.07, 6.45) is 0. The molecule has 31 heavy (non-hydrogen) atoms. The molecule has 0 bridgehead atoms. The van der Waals surface area contributed by atoms with E-state index >= 15 is 0 Å². The summed E-state index contributed by atoms with van der Waals surface area (Å²) in [5.41, 5.74) is 1.51. The number of thioether (sulfide) groups is 1. The molecule has 3 rings (SSSR count). The van der Waals surface area contributed by atoms with Crippen LogP contribution in [0.5, 0.6) is 0 Å². The fourth-order valence-electron chi connectivity index (χ4n) is 2.32. The quantitative estimate of drug-likeness (QED) is 0.320. The van der Waals surface area contributed by atoms with Gasteiger partial charge < -0.3 is 10.6 Å². The number of nitrogens with one attached hydrogen (secondary N) is 3. The Morgan fingerprint density at radius 1 is 0.968 bits per heavy atom. The van der Waals surface area contributed by atoms with E-state index in [-0.39, 0.29) is 33.3 Å². The first-order valence-electron chi connectivity index (χ1n) is 8.70. The number of hydrogen-bond donors (Lipinski definition) is 3. The molecule has 3 amide bonds. The number of carbonyl (C=O) groups is 3. The van der Waals surface area contributed by atoms with Gasteiger partial charge in [-0.3, -0.25) is 19.7 Å². The SMILES string of the molecule is CC(=O)Nc1ccc(NC(=O)CSc2nnc(NC(=O)c3ccc(Cl)cc3Cl)s2)cc1. The van der Waals surface area contributed by atoms with E-state index in [4.69, 9.17) is 23.2 Å². The smallest absolute Gasteiger partial charge is 0.259 e. The first kappa shape index (κ1) is 23.0. The second kappa shape index (κ2) is 10.6. The molecule has 0 spiro atoms. The van der Waals surface area contributed by atoms with E-state index in [9.17, 15) is 14.4 Å². The lowest BCUT2D eigenvalue weighted by atomic mass is 10.2. The fraction of sp³-hybridized carbons (Fsp3) is 0.105. The van der Waals surface area contributed by atoms with Gasteiger partial charge in [0.15, 0.2) is 4.34 Å². The topological polar surface area (TPSA) is 113 Å². The Hall–Kier alpha value is -2.66. The van der Waals surface area contributed by atoms with E-state index in [2.05, 4.69) is 26.1 Å². The number of halogens is 2. The zero-order valence-electron chi connectivity index (χ0n) is 15.9. The molecular weight excluding hydrogens is 481 g/mol. The summed E-state index contributed by atoms with van der Waals surface area (Å²) in [6, 6.07) is 11.3. The molecule has 0 aliphatic heterocycles. The number of carbonyl (C=O) groups excluding carboxylic acids is 3. The van der Waals surface area contributed by atoms with Crippen LogP contribution in [0.3, 0.4) is 0 Å². The molecule has 3 N–H and O–H groups in total. The standard InChI is InChI=1S/C19H15Cl2N5O3S2/c1-10(27)22-12-3-5-13(6-4-12)23-16(28)9-30-19-26-25-18(31-19)24-17(29)14-7-2-11(20)8-15(14)21/h2-8H,9H2,1H3,(H,22,27)(H,23,28)(H,24,25,29). The predicted octanol–water partition coefficient (Wildman–Crippen LogP) is 4.79. The van der Waals surface area contributed by atoms with E-state index in [1.54, 1.807) is 30.3 Å². The molecule has 0 aliphatic rings. The van der Waals surface area contributed by atoms with Gasteiger partial charge >= 0.3 is 0 Å². The third-order valence-electron chi connectivity index (χ3n) is 3.62. The van der Waals surface area contributed by atoms with Crippen molar-refractivity contribution in [3.05, 3.63) is 58.1 Å². The maximum atomic E-state index is 12.3. The van der Waals surface area contributed by atoms with Gasteiger partial charge in [0.2, 0.25) is 16.9 Å². The molecule has 2 aromatic carbocycles. The van der Waals surface area contributed by atoms with Crippen LogP contribution in [-0.2, 0) is 9.59 Å². The van der Waals surface area contributed by atoms with Crippen molar-refractivity contribution in [2.24, 2.45) is 0 Å². The van der Waals surface area contributed by atoms with Gasteiger partial charge in [0, 0.05) is 23.3 Å². The highest BCUT2D eigenvalue weighted by molar-refractivity contribution is 8.01. The average Bonchev–Trinajstić information content (AvgIpc) is 3.14. The van der Waals surface area contributed by atoms with Crippen molar-refractivity contribution in [1.82, 2.24) is 10.2 Å². The molecule has 1 heterocycles. The summed E-state index contributed by atoms with van der Waals surface area (Å²) >= 11 is 14.2. The summed E-state index contributed by atoms with van der Waals surface area (Å²) in [5.74, 6) is -0.725. The van der Waals surface area contributed by atoms with Gasteiger partial charge in [0.05, 0.1) is 16.3 Å². The maximum absolute atomic E-state index is 12.3. The monoisotopic (exact) mass is 495 g/mol. The van der Waals surface area contributed by atoms with Crippen LogP contribution in [0.2, 0.25) is 10.0 Å². The van der Waals surface area contributed by atoms with Crippen LogP contribution in [0.1, 0.15) is 17.3 Å². The van der Waals surface area contributed by atoms with Gasteiger partial charge in [0.1, 0.15) is 0 Å². The second-order valence-corrected chi connectivity index (χ2v) is 9.09. The van der Waals surface area contributed by atoms with Crippen molar-refractivity contribution in [2.75, 3.05) is 21.7 Å². The molecule has 0 saturated heterocycles. The van der Waals surface area contributed by atoms with Gasteiger partial charge in [-0.05, 0) is 42.5 Å². The first-order valence-corrected chi connectivity index (χ1v) is 11.3. The Morgan fingerprint density at radius 3 is 2.29 bits per heavy atom. The summed E-state index contributed by atoms with van der Waals surface area (Å²) < 4.78 is 0.522. The van der Waals surface area contributed by atoms with Crippen molar-refractivity contribution in [3.63, 3.8) is 0 Å². The third-order valence-corrected chi connectivity index (χ3v) is 6.14. The van der Waals surface area contributed by atoms with Crippen molar-refractivity contribution < 1.29 is 14.4 Å². The highest BCUT2D eigenvalue weighted by Crippen LogP contribution is 2.27. The molecule has 3 aromatic rings. The second-order valence-electron chi connectivity index (χ2n) is 6.05. The molecule has 1 aromatic heterocycles. The van der Waals surface area contributed by atoms with Gasteiger partial charge in [0.25, 0.3) is 5.91 Å². The molecule has 0 aliphatic carbocycles. The van der Waals surface area contributed by atoms with Crippen LogP contribution in [0.4, 0.5) is 16.5 Å². The Kier molecular flexibility index (Phi) is 7.85. The van der Waals surface area contributed by atoms with Crippen LogP contribution >= 0.6 is 46.3 Å². The minimum atomic E-state index is -0.435. The molecule has 8 nitrogen and oxygen atoms in total. The first-order chi connectivity index (χ1) is 14.8. The van der Waals surface area contributed by atoms with Gasteiger partial charge in [-0.25, -0.2) is 0 Å². The van der Waals surface area contributed by atoms with Gasteiger partial charge in [-0.15, -0.1) is 10.2 Å². The zero-order chi connectivity index (χ0) is 22.4. The Labute approximate surface area is 195 Å². The highest BCUT2D eigenvalue weighted by Gasteiger charge is 2.14. The molecule has 0 fully saturated rings. The van der Waals surface area contributed by atoms with E-state index in [0.717, 1.165) is 11.3 Å². The molecular formula is C19H15Cl2N5O3S2. The molecule has 0 saturated carbocycles. The van der Waals surface area contributed by atoms with Crippen molar-refractivity contribution in [3.8, 4) is 0 Å². The minimum Gasteiger partial charge on any atom is -0.326 e. The number of anilines is 3. The Balaban J connectivity index is 1.50. The molecule has 0 unspecified atom stereocenters. The van der Waals surface area contributed by atoms with Crippen molar-refractivity contribution in [2.45, 2.75) is 11.3 Å². The molecule has 160 valence electrons. The predicted molar refractivity (Wildman–Crippen MR) is 124 cm³/mol. The van der Waals surface area contributed by atoms with Crippen LogP contribution in [0.25, 0.3) is 0 Å². The van der Waals surface area contributed by atoms with Gasteiger partial charge in [-0.2, -0.15) is 0 Å². The van der Waals surface area contributed by atoms with E-state index < -0.39 is 5.91 Å². The highest BCUT2D eigenvalue weighted by atomic mass is 35.5. The number of benzene rings is 2. The van der Waals surface area contributed by atoms with E-state index in [1.807, 2.05) is 0 Å². The van der Waals surface area contributed by atoms with Crippen molar-refractivity contribution >= 4 is 80.5 Å². The van der Waals surface area contributed by atoms with Gasteiger partial charge in [-0.1, -0.05) is 46.3 Å². The summed E-state index contributed by atoms with van der Waals surface area (Å²) in [6.45, 7) is 1.42. The van der Waals surface area contributed by atoms with Crippen LogP contribution in [0, 0.1) is 0 Å². The molecule has 0 atom stereocenters. The number of nitrogens with zero attached hydrogens (tertiary/aromatic N) is 2. The summed E-state index contributed by atoms with van der Waals surface area (Å²) in [5, 5.41) is 16.8. The van der Waals surface area contributed by atoms with Crippen LogP contribution < -0.4 is 16.0 Å². The lowest BCUT2D eigenvalue weighted by molar-refractivity contribution is -0.114. The third kappa shape index (κ3) is 6.93. The Bertz CT molecular complexity index is 1120. The Morgan fingerprint density at radius 2 is 1.65 bits per heavy atom. The van der Waals surface area contributed by atoms with Crippen LogP contribution in [-0.4, -0.2) is 33.7 Å². The van der Waals surface area contributed by atoms with Crippen molar-refractivity contribution in [1.29, 1.82) is 0 Å². The van der Waals surface area contributed by atoms with Crippen LogP contribution in [0.15, 0.2) is 46.8 Å². The lowest BCUT2D eigenvalue weighted by Crippen LogP contribution is -2.14. The zero-order valence-corrected chi connectivity index (χ0v) is 19.1. The number of hydrogen-bond acceptors (Lipinski definition) is 7. The van der Waals surface area contributed by atoms with E-state index in [1.165, 1.54) is 30.8 Å². The normalized spacial score (nSPS) is 10.4.